The summed E-state index contributed by atoms with van der Waals surface area (Å²) in [5.41, 5.74) is -0.0770. The van der Waals surface area contributed by atoms with Gasteiger partial charge in [-0.25, -0.2) is 16.8 Å². The van der Waals surface area contributed by atoms with Crippen LogP contribution in [0.3, 0.4) is 0 Å². The van der Waals surface area contributed by atoms with Gasteiger partial charge in [0.25, 0.3) is 5.91 Å². The van der Waals surface area contributed by atoms with Crippen molar-refractivity contribution in [2.45, 2.75) is 34.2 Å². The van der Waals surface area contributed by atoms with Crippen LogP contribution in [0.2, 0.25) is 5.02 Å². The van der Waals surface area contributed by atoms with Gasteiger partial charge < -0.3 is 10.1 Å². The van der Waals surface area contributed by atoms with Crippen molar-refractivity contribution in [2.24, 2.45) is 5.92 Å². The summed E-state index contributed by atoms with van der Waals surface area (Å²) in [6.45, 7) is 0.105. The molecule has 1 aliphatic rings. The highest BCUT2D eigenvalue weighted by atomic mass is 35.5. The highest BCUT2D eigenvalue weighted by Crippen LogP contribution is 2.37. The topological polar surface area (TPSA) is 107 Å². The average molecular weight is 526 g/mol. The molecule has 0 radical (unpaired) electrons. The number of halogens is 4. The third-order valence-corrected chi connectivity index (χ3v) is 8.68. The van der Waals surface area contributed by atoms with Crippen LogP contribution < -0.4 is 10.1 Å². The van der Waals surface area contributed by atoms with Crippen molar-refractivity contribution in [3.8, 4) is 5.75 Å². The van der Waals surface area contributed by atoms with Crippen molar-refractivity contribution in [3.05, 3.63) is 53.1 Å². The molecule has 2 aromatic rings. The Morgan fingerprint density at radius 1 is 1.12 bits per heavy atom. The molecule has 33 heavy (non-hydrogen) atoms. The fourth-order valence-electron chi connectivity index (χ4n) is 3.46. The number of hydrogen-bond acceptors (Lipinski definition) is 6. The lowest BCUT2D eigenvalue weighted by Gasteiger charge is -2.35. The molecule has 0 atom stereocenters. The molecule has 13 heteroatoms. The van der Waals surface area contributed by atoms with Gasteiger partial charge in [0.1, 0.15) is 5.75 Å². The highest BCUT2D eigenvalue weighted by molar-refractivity contribution is 7.92. The van der Waals surface area contributed by atoms with Crippen LogP contribution in [0.15, 0.2) is 52.3 Å². The van der Waals surface area contributed by atoms with Gasteiger partial charge in [0, 0.05) is 17.8 Å². The first-order valence-electron chi connectivity index (χ1n) is 9.54. The summed E-state index contributed by atoms with van der Waals surface area (Å²) in [7, 11) is -7.60. The van der Waals surface area contributed by atoms with Gasteiger partial charge in [0.15, 0.2) is 19.7 Å². The van der Waals surface area contributed by atoms with E-state index in [0.29, 0.717) is 0 Å². The Bertz CT molecular complexity index is 1270. The van der Waals surface area contributed by atoms with Crippen LogP contribution in [0.1, 0.15) is 23.2 Å². The minimum atomic E-state index is -4.94. The molecule has 0 spiro atoms. The first-order valence-corrected chi connectivity index (χ1v) is 13.4. The number of carbonyl (C=O) groups excluding carboxylic acids is 1. The minimum Gasteiger partial charge on any atom is -0.406 e. The maximum absolute atomic E-state index is 12.7. The standard InChI is InChI=1S/C20H19ClF3NO6S2/c1-32(27,28)18-9-13(21)5-6-17(18)19(26)25-11-12-7-16(8-12)33(29,30)15-4-2-3-14(10-15)31-20(22,23)24/h2-6,9-10,12,16H,7-8,11H2,1H3,(H,25,26)/t12-,16-. The number of ether oxygens (including phenoxy) is 1. The Hall–Kier alpha value is -2.31. The molecule has 0 aliphatic heterocycles. The molecule has 180 valence electrons. The van der Waals surface area contributed by atoms with Gasteiger partial charge in [0.2, 0.25) is 0 Å². The van der Waals surface area contributed by atoms with Crippen LogP contribution in [-0.2, 0) is 19.7 Å². The van der Waals surface area contributed by atoms with Crippen molar-refractivity contribution < 1.29 is 39.5 Å². The fraction of sp³-hybridized carbons (Fsp3) is 0.350. The predicted octanol–water partition coefficient (Wildman–Crippen LogP) is 3.62. The summed E-state index contributed by atoms with van der Waals surface area (Å²) in [6.07, 6.45) is -3.62. The number of rotatable bonds is 7. The predicted molar refractivity (Wildman–Crippen MR) is 114 cm³/mol. The SMILES string of the molecule is CS(=O)(=O)c1cc(Cl)ccc1C(=O)NC[C@H]1C[C@H](S(=O)(=O)c2cccc(OC(F)(F)F)c2)C1. The third-order valence-electron chi connectivity index (χ3n) is 5.14. The van der Waals surface area contributed by atoms with E-state index in [-0.39, 0.29) is 45.7 Å². The first-order chi connectivity index (χ1) is 15.2. The van der Waals surface area contributed by atoms with E-state index in [9.17, 15) is 34.8 Å². The van der Waals surface area contributed by atoms with Gasteiger partial charge in [-0.3, -0.25) is 4.79 Å². The van der Waals surface area contributed by atoms with Crippen LogP contribution in [0.5, 0.6) is 5.75 Å². The molecule has 1 amide bonds. The molecule has 0 unspecified atom stereocenters. The summed E-state index contributed by atoms with van der Waals surface area (Å²) in [4.78, 5) is 12.0. The third kappa shape index (κ3) is 6.18. The second-order valence-electron chi connectivity index (χ2n) is 7.65. The number of carbonyl (C=O) groups is 1. The molecule has 0 saturated heterocycles. The molecule has 3 rings (SSSR count). The van der Waals surface area contributed by atoms with Crippen molar-refractivity contribution in [2.75, 3.05) is 12.8 Å². The van der Waals surface area contributed by atoms with Gasteiger partial charge in [-0.15, -0.1) is 13.2 Å². The van der Waals surface area contributed by atoms with E-state index in [1.54, 1.807) is 0 Å². The average Bonchev–Trinajstić information content (AvgIpc) is 2.64. The van der Waals surface area contributed by atoms with Gasteiger partial charge >= 0.3 is 6.36 Å². The monoisotopic (exact) mass is 525 g/mol. The smallest absolute Gasteiger partial charge is 0.406 e. The van der Waals surface area contributed by atoms with E-state index < -0.39 is 42.9 Å². The molecular formula is C20H19ClF3NO6S2. The molecule has 0 heterocycles. The lowest BCUT2D eigenvalue weighted by atomic mass is 9.85. The zero-order valence-electron chi connectivity index (χ0n) is 17.1. The molecule has 7 nitrogen and oxygen atoms in total. The zero-order chi connectivity index (χ0) is 24.6. The van der Waals surface area contributed by atoms with Crippen LogP contribution in [0.4, 0.5) is 13.2 Å². The molecule has 0 bridgehead atoms. The number of amides is 1. The van der Waals surface area contributed by atoms with E-state index in [1.807, 2.05) is 0 Å². The fourth-order valence-corrected chi connectivity index (χ4v) is 6.58. The maximum atomic E-state index is 12.7. The molecule has 1 saturated carbocycles. The second kappa shape index (κ2) is 9.15. The molecule has 1 aliphatic carbocycles. The molecule has 2 aromatic carbocycles. The van der Waals surface area contributed by atoms with Crippen LogP contribution in [-0.4, -0.2) is 47.2 Å². The quantitative estimate of drug-likeness (QED) is 0.591. The number of sulfone groups is 2. The van der Waals surface area contributed by atoms with E-state index in [2.05, 4.69) is 10.1 Å². The molecule has 1 N–H and O–H groups in total. The maximum Gasteiger partial charge on any atom is 0.573 e. The lowest BCUT2D eigenvalue weighted by Crippen LogP contribution is -2.42. The number of nitrogens with one attached hydrogen (secondary N) is 1. The largest absolute Gasteiger partial charge is 0.573 e. The summed E-state index contributed by atoms with van der Waals surface area (Å²) >= 11 is 5.82. The summed E-state index contributed by atoms with van der Waals surface area (Å²) in [5.74, 6) is -1.47. The first kappa shape index (κ1) is 25.3. The van der Waals surface area contributed by atoms with E-state index >= 15 is 0 Å². The Morgan fingerprint density at radius 2 is 1.79 bits per heavy atom. The van der Waals surface area contributed by atoms with E-state index in [1.165, 1.54) is 24.3 Å². The van der Waals surface area contributed by atoms with Crippen molar-refractivity contribution in [1.82, 2.24) is 5.32 Å². The summed E-state index contributed by atoms with van der Waals surface area (Å²) < 4.78 is 90.3. The Labute approximate surface area is 193 Å². The second-order valence-corrected chi connectivity index (χ2v) is 12.3. The van der Waals surface area contributed by atoms with Gasteiger partial charge in [-0.2, -0.15) is 0 Å². The number of benzene rings is 2. The normalized spacial score (nSPS) is 18.9. The number of alkyl halides is 3. The van der Waals surface area contributed by atoms with Gasteiger partial charge in [-0.1, -0.05) is 17.7 Å². The van der Waals surface area contributed by atoms with Crippen LogP contribution >= 0.6 is 11.6 Å². The summed E-state index contributed by atoms with van der Waals surface area (Å²) in [5, 5.41) is 1.93. The molecule has 0 aromatic heterocycles. The number of hydrogen-bond donors (Lipinski definition) is 1. The van der Waals surface area contributed by atoms with E-state index in [0.717, 1.165) is 24.5 Å². The zero-order valence-corrected chi connectivity index (χ0v) is 19.5. The Kier molecular flexibility index (Phi) is 7.02. The van der Waals surface area contributed by atoms with Crippen molar-refractivity contribution >= 4 is 37.2 Å². The summed E-state index contributed by atoms with van der Waals surface area (Å²) in [6, 6.07) is 8.04. The lowest BCUT2D eigenvalue weighted by molar-refractivity contribution is -0.274. The van der Waals surface area contributed by atoms with Crippen molar-refractivity contribution in [1.29, 1.82) is 0 Å². The van der Waals surface area contributed by atoms with Crippen molar-refractivity contribution in [3.63, 3.8) is 0 Å². The molecular weight excluding hydrogens is 507 g/mol. The Balaban J connectivity index is 1.62. The van der Waals surface area contributed by atoms with Gasteiger partial charge in [0.05, 0.1) is 20.6 Å². The Morgan fingerprint density at radius 3 is 2.39 bits per heavy atom. The molecule has 1 fully saturated rings. The van der Waals surface area contributed by atoms with Crippen LogP contribution in [0, 0.1) is 5.92 Å². The van der Waals surface area contributed by atoms with Gasteiger partial charge in [-0.05, 0) is 55.2 Å². The minimum absolute atomic E-state index is 0.0770. The van der Waals surface area contributed by atoms with E-state index in [4.69, 9.17) is 11.6 Å². The van der Waals surface area contributed by atoms with Crippen LogP contribution in [0.25, 0.3) is 0 Å². The highest BCUT2D eigenvalue weighted by Gasteiger charge is 2.40.